The molecule has 1 aliphatic carbocycles. The van der Waals surface area contributed by atoms with Crippen LogP contribution in [0.3, 0.4) is 0 Å². The van der Waals surface area contributed by atoms with Gasteiger partial charge in [0.2, 0.25) is 5.91 Å². The molecule has 0 saturated carbocycles. The van der Waals surface area contributed by atoms with E-state index >= 15 is 0 Å². The van der Waals surface area contributed by atoms with E-state index in [1.165, 1.54) is 21.5 Å². The highest BCUT2D eigenvalue weighted by Crippen LogP contribution is 2.30. The third-order valence-corrected chi connectivity index (χ3v) is 5.83. The van der Waals surface area contributed by atoms with Crippen molar-refractivity contribution in [2.75, 3.05) is 6.54 Å². The Morgan fingerprint density at radius 2 is 1.69 bits per heavy atom. The molecule has 2 heterocycles. The van der Waals surface area contributed by atoms with Crippen LogP contribution >= 0.6 is 0 Å². The number of carbonyl (C=O) groups is 3. The van der Waals surface area contributed by atoms with E-state index in [1.807, 2.05) is 12.1 Å². The maximum atomic E-state index is 12.4. The molecule has 3 aromatic rings. The van der Waals surface area contributed by atoms with Crippen LogP contribution in [-0.2, 0) is 17.6 Å². The van der Waals surface area contributed by atoms with Crippen LogP contribution in [0.25, 0.3) is 10.9 Å². The second-order valence-electron chi connectivity index (χ2n) is 7.71. The Morgan fingerprint density at radius 1 is 1.00 bits per heavy atom. The summed E-state index contributed by atoms with van der Waals surface area (Å²) in [6, 6.07) is 15.2. The minimum absolute atomic E-state index is 0.0407. The van der Waals surface area contributed by atoms with E-state index in [9.17, 15) is 14.4 Å². The summed E-state index contributed by atoms with van der Waals surface area (Å²) in [6.45, 7) is 0.258. The Morgan fingerprint density at radius 3 is 2.45 bits per heavy atom. The number of amides is 3. The first-order valence-corrected chi connectivity index (χ1v) is 9.95. The zero-order valence-corrected chi connectivity index (χ0v) is 15.9. The molecule has 2 aliphatic rings. The van der Waals surface area contributed by atoms with Crippen LogP contribution in [0.4, 0.5) is 0 Å². The molecule has 2 N–H and O–H groups in total. The minimum Gasteiger partial charge on any atom is -0.358 e. The van der Waals surface area contributed by atoms with Gasteiger partial charge in [0.25, 0.3) is 11.8 Å². The number of carbonyl (C=O) groups excluding carboxylic acids is 3. The van der Waals surface area contributed by atoms with Gasteiger partial charge in [0.15, 0.2) is 0 Å². The van der Waals surface area contributed by atoms with Crippen LogP contribution in [0.15, 0.2) is 48.5 Å². The zero-order valence-electron chi connectivity index (χ0n) is 15.9. The van der Waals surface area contributed by atoms with Gasteiger partial charge in [0, 0.05) is 42.0 Å². The highest BCUT2D eigenvalue weighted by molar-refractivity contribution is 6.21. The fourth-order valence-electron chi connectivity index (χ4n) is 4.47. The maximum Gasteiger partial charge on any atom is 0.261 e. The number of hydrogen-bond acceptors (Lipinski definition) is 3. The lowest BCUT2D eigenvalue weighted by molar-refractivity contribution is -0.121. The summed E-state index contributed by atoms with van der Waals surface area (Å²) in [5, 5.41) is 4.32. The van der Waals surface area contributed by atoms with Gasteiger partial charge >= 0.3 is 0 Å². The molecule has 0 fully saturated rings. The quantitative estimate of drug-likeness (QED) is 0.661. The molecule has 5 rings (SSSR count). The SMILES string of the molecule is O=C(CCCN1C(=O)c2ccccc2C1=O)NC1Cc2[nH]c3ccccc3c2C1. The van der Waals surface area contributed by atoms with Gasteiger partial charge in [0.05, 0.1) is 11.1 Å². The lowest BCUT2D eigenvalue weighted by Crippen LogP contribution is -2.36. The van der Waals surface area contributed by atoms with Crippen LogP contribution in [0.5, 0.6) is 0 Å². The molecule has 2 aromatic carbocycles. The largest absolute Gasteiger partial charge is 0.358 e. The first kappa shape index (κ1) is 17.7. The molecule has 1 aromatic heterocycles. The lowest BCUT2D eigenvalue weighted by Gasteiger charge is -2.15. The summed E-state index contributed by atoms with van der Waals surface area (Å²) in [5.41, 5.74) is 4.52. The molecule has 1 atom stereocenters. The lowest BCUT2D eigenvalue weighted by atomic mass is 10.1. The normalized spacial score (nSPS) is 17.7. The zero-order chi connectivity index (χ0) is 20.0. The number of nitrogens with zero attached hydrogens (tertiary/aromatic N) is 1. The van der Waals surface area contributed by atoms with Gasteiger partial charge in [-0.15, -0.1) is 0 Å². The molecule has 146 valence electrons. The van der Waals surface area contributed by atoms with Crippen molar-refractivity contribution in [3.05, 3.63) is 70.9 Å². The number of rotatable bonds is 5. The highest BCUT2D eigenvalue weighted by Gasteiger charge is 2.34. The molecule has 29 heavy (non-hydrogen) atoms. The Bertz CT molecular complexity index is 1110. The minimum atomic E-state index is -0.271. The molecule has 0 saturated heterocycles. The molecule has 6 heteroatoms. The Kier molecular flexibility index (Phi) is 4.19. The van der Waals surface area contributed by atoms with Crippen LogP contribution in [0.2, 0.25) is 0 Å². The van der Waals surface area contributed by atoms with Gasteiger partial charge in [-0.05, 0) is 36.6 Å². The van der Waals surface area contributed by atoms with Gasteiger partial charge in [-0.3, -0.25) is 19.3 Å². The number of para-hydroxylation sites is 1. The standard InChI is InChI=1S/C23H21N3O3/c27-21(10-5-11-26-22(28)16-7-1-2-8-17(16)23(26)29)24-14-12-18-15-6-3-4-9-19(15)25-20(18)13-14/h1-4,6-9,14,25H,5,10-13H2,(H,24,27). The molecule has 1 unspecified atom stereocenters. The summed E-state index contributed by atoms with van der Waals surface area (Å²) in [4.78, 5) is 41.8. The van der Waals surface area contributed by atoms with Crippen molar-refractivity contribution in [1.29, 1.82) is 0 Å². The van der Waals surface area contributed by atoms with Crippen molar-refractivity contribution in [3.63, 3.8) is 0 Å². The van der Waals surface area contributed by atoms with Crippen LogP contribution in [-0.4, -0.2) is 40.2 Å². The summed E-state index contributed by atoms with van der Waals surface area (Å²) in [5.74, 6) is -0.583. The third kappa shape index (κ3) is 3.01. The smallest absolute Gasteiger partial charge is 0.261 e. The van der Waals surface area contributed by atoms with Gasteiger partial charge in [0.1, 0.15) is 0 Å². The van der Waals surface area contributed by atoms with E-state index < -0.39 is 0 Å². The number of nitrogens with one attached hydrogen (secondary N) is 2. The summed E-state index contributed by atoms with van der Waals surface area (Å²) >= 11 is 0. The number of H-pyrrole nitrogens is 1. The fraction of sp³-hybridized carbons (Fsp3) is 0.261. The number of hydrogen-bond donors (Lipinski definition) is 2. The Balaban J connectivity index is 1.14. The van der Waals surface area contributed by atoms with Crippen molar-refractivity contribution >= 4 is 28.6 Å². The fourth-order valence-corrected chi connectivity index (χ4v) is 4.47. The van der Waals surface area contributed by atoms with E-state index in [0.717, 1.165) is 18.4 Å². The van der Waals surface area contributed by atoms with Crippen molar-refractivity contribution < 1.29 is 14.4 Å². The Hall–Kier alpha value is -3.41. The van der Waals surface area contributed by atoms with E-state index in [4.69, 9.17) is 0 Å². The predicted molar refractivity (Wildman–Crippen MR) is 109 cm³/mol. The summed E-state index contributed by atoms with van der Waals surface area (Å²) in [6.07, 6.45) is 2.37. The van der Waals surface area contributed by atoms with E-state index in [0.29, 0.717) is 24.0 Å². The molecule has 6 nitrogen and oxygen atoms in total. The second-order valence-corrected chi connectivity index (χ2v) is 7.71. The van der Waals surface area contributed by atoms with Gasteiger partial charge in [-0.25, -0.2) is 0 Å². The monoisotopic (exact) mass is 387 g/mol. The average Bonchev–Trinajstić information content (AvgIpc) is 3.34. The molecule has 0 radical (unpaired) electrons. The highest BCUT2D eigenvalue weighted by atomic mass is 16.2. The number of aromatic nitrogens is 1. The topological polar surface area (TPSA) is 82.3 Å². The van der Waals surface area contributed by atoms with E-state index in [-0.39, 0.29) is 30.3 Å². The third-order valence-electron chi connectivity index (χ3n) is 5.83. The predicted octanol–water partition coefficient (Wildman–Crippen LogP) is 2.83. The first-order valence-electron chi connectivity index (χ1n) is 9.95. The van der Waals surface area contributed by atoms with E-state index in [1.54, 1.807) is 24.3 Å². The molecule has 1 aliphatic heterocycles. The summed E-state index contributed by atoms with van der Waals surface area (Å²) < 4.78 is 0. The Labute approximate surface area is 167 Å². The molecular weight excluding hydrogens is 366 g/mol. The van der Waals surface area contributed by atoms with Crippen molar-refractivity contribution in [2.45, 2.75) is 31.7 Å². The van der Waals surface area contributed by atoms with Gasteiger partial charge in [-0.2, -0.15) is 0 Å². The maximum absolute atomic E-state index is 12.4. The van der Waals surface area contributed by atoms with Crippen LogP contribution in [0.1, 0.15) is 44.8 Å². The average molecular weight is 387 g/mol. The van der Waals surface area contributed by atoms with Crippen molar-refractivity contribution in [1.82, 2.24) is 15.2 Å². The molecule has 0 spiro atoms. The number of imide groups is 1. The first-order chi connectivity index (χ1) is 14.1. The second kappa shape index (κ2) is 6.88. The van der Waals surface area contributed by atoms with E-state index in [2.05, 4.69) is 22.4 Å². The van der Waals surface area contributed by atoms with Gasteiger partial charge in [-0.1, -0.05) is 30.3 Å². The van der Waals surface area contributed by atoms with Crippen molar-refractivity contribution in [2.24, 2.45) is 0 Å². The van der Waals surface area contributed by atoms with Crippen molar-refractivity contribution in [3.8, 4) is 0 Å². The number of aromatic amines is 1. The van der Waals surface area contributed by atoms with Crippen LogP contribution < -0.4 is 5.32 Å². The number of benzene rings is 2. The van der Waals surface area contributed by atoms with Crippen LogP contribution in [0, 0.1) is 0 Å². The molecule has 3 amide bonds. The molecule has 0 bridgehead atoms. The number of fused-ring (bicyclic) bond motifs is 4. The van der Waals surface area contributed by atoms with Gasteiger partial charge < -0.3 is 10.3 Å². The summed E-state index contributed by atoms with van der Waals surface area (Å²) in [7, 11) is 0. The molecular formula is C23H21N3O3.